The van der Waals surface area contributed by atoms with Crippen molar-refractivity contribution in [3.8, 4) is 0 Å². The number of fused-ring (bicyclic) bond motifs is 1. The van der Waals surface area contributed by atoms with E-state index in [4.69, 9.17) is 0 Å². The second-order valence-electron chi connectivity index (χ2n) is 2.84. The first-order valence-electron chi connectivity index (χ1n) is 4.08. The SMILES string of the molecule is O=S(=O)=C1CN=Cc2ccccc2N1. The fourth-order valence-electron chi connectivity index (χ4n) is 1.23. The van der Waals surface area contributed by atoms with Crippen LogP contribution in [0.15, 0.2) is 29.3 Å². The van der Waals surface area contributed by atoms with Crippen molar-refractivity contribution in [3.05, 3.63) is 29.8 Å². The highest BCUT2D eigenvalue weighted by atomic mass is 32.2. The molecule has 72 valence electrons. The molecule has 0 amide bonds. The van der Waals surface area contributed by atoms with Gasteiger partial charge in [-0.1, -0.05) is 18.2 Å². The summed E-state index contributed by atoms with van der Waals surface area (Å²) >= 11 is 0. The Morgan fingerprint density at radius 3 is 2.86 bits per heavy atom. The number of hydrogen-bond donors (Lipinski definition) is 1. The zero-order chi connectivity index (χ0) is 9.97. The third-order valence-corrected chi connectivity index (χ3v) is 2.53. The Balaban J connectivity index is 2.54. The number of nitrogens with zero attached hydrogens (tertiary/aromatic N) is 1. The van der Waals surface area contributed by atoms with E-state index in [0.29, 0.717) is 0 Å². The Kier molecular flexibility index (Phi) is 2.32. The minimum absolute atomic E-state index is 0.171. The van der Waals surface area contributed by atoms with Gasteiger partial charge in [0.2, 0.25) is 10.3 Å². The summed E-state index contributed by atoms with van der Waals surface area (Å²) in [7, 11) is -2.23. The number of hydrogen-bond acceptors (Lipinski definition) is 3. The first kappa shape index (κ1) is 8.96. The molecule has 0 atom stereocenters. The van der Waals surface area contributed by atoms with E-state index in [9.17, 15) is 8.42 Å². The van der Waals surface area contributed by atoms with Crippen molar-refractivity contribution in [2.45, 2.75) is 0 Å². The predicted molar refractivity (Wildman–Crippen MR) is 56.5 cm³/mol. The van der Waals surface area contributed by atoms with Crippen molar-refractivity contribution >= 4 is 27.2 Å². The van der Waals surface area contributed by atoms with Gasteiger partial charge in [-0.3, -0.25) is 4.99 Å². The minimum atomic E-state index is -2.23. The van der Waals surface area contributed by atoms with Gasteiger partial charge in [-0.25, -0.2) is 0 Å². The molecule has 2 rings (SSSR count). The van der Waals surface area contributed by atoms with Gasteiger partial charge in [0.15, 0.2) is 4.99 Å². The fraction of sp³-hybridized carbons (Fsp3) is 0.111. The van der Waals surface area contributed by atoms with E-state index in [1.165, 1.54) is 0 Å². The zero-order valence-corrected chi connectivity index (χ0v) is 8.08. The molecule has 1 aliphatic heterocycles. The average Bonchev–Trinajstić information content (AvgIpc) is 2.39. The maximum absolute atomic E-state index is 10.7. The van der Waals surface area contributed by atoms with Crippen molar-refractivity contribution in [1.82, 2.24) is 0 Å². The number of benzene rings is 1. The van der Waals surface area contributed by atoms with Gasteiger partial charge in [0, 0.05) is 17.5 Å². The van der Waals surface area contributed by atoms with Gasteiger partial charge < -0.3 is 5.32 Å². The fourth-order valence-corrected chi connectivity index (χ4v) is 1.61. The Morgan fingerprint density at radius 1 is 1.29 bits per heavy atom. The van der Waals surface area contributed by atoms with Gasteiger partial charge in [-0.05, 0) is 6.07 Å². The van der Waals surface area contributed by atoms with Crippen molar-refractivity contribution in [2.24, 2.45) is 4.99 Å². The van der Waals surface area contributed by atoms with Crippen LogP contribution in [0.4, 0.5) is 5.69 Å². The number of nitrogens with one attached hydrogen (secondary N) is 1. The van der Waals surface area contributed by atoms with Crippen LogP contribution in [0, 0.1) is 0 Å². The van der Waals surface area contributed by atoms with E-state index >= 15 is 0 Å². The summed E-state index contributed by atoms with van der Waals surface area (Å²) in [4.78, 5) is 4.20. The van der Waals surface area contributed by atoms with Crippen LogP contribution in [0.5, 0.6) is 0 Å². The standard InChI is InChI=1S/C9H8N2O2S/c12-14(13)9-6-10-5-7-3-1-2-4-8(7)11-9/h1-5,11H,6H2. The molecule has 4 nitrogen and oxygen atoms in total. The Labute approximate surface area is 82.8 Å². The average molecular weight is 208 g/mol. The lowest BCUT2D eigenvalue weighted by Crippen LogP contribution is -2.15. The number of anilines is 1. The number of rotatable bonds is 0. The van der Waals surface area contributed by atoms with Crippen LogP contribution >= 0.6 is 0 Å². The van der Waals surface area contributed by atoms with E-state index < -0.39 is 10.3 Å². The van der Waals surface area contributed by atoms with Crippen LogP contribution in [0.3, 0.4) is 0 Å². The zero-order valence-electron chi connectivity index (χ0n) is 7.27. The smallest absolute Gasteiger partial charge is 0.235 e. The predicted octanol–water partition coefficient (Wildman–Crippen LogP) is 0.540. The van der Waals surface area contributed by atoms with Gasteiger partial charge in [0.05, 0.1) is 6.54 Å². The highest BCUT2D eigenvalue weighted by molar-refractivity contribution is 7.73. The highest BCUT2D eigenvalue weighted by Gasteiger charge is 2.07. The summed E-state index contributed by atoms with van der Waals surface area (Å²) in [6.07, 6.45) is 1.67. The monoisotopic (exact) mass is 208 g/mol. The third-order valence-electron chi connectivity index (χ3n) is 1.90. The van der Waals surface area contributed by atoms with E-state index in [0.717, 1.165) is 11.3 Å². The Morgan fingerprint density at radius 2 is 2.07 bits per heavy atom. The van der Waals surface area contributed by atoms with Crippen molar-refractivity contribution in [2.75, 3.05) is 11.9 Å². The molecular weight excluding hydrogens is 200 g/mol. The molecule has 0 spiro atoms. The summed E-state index contributed by atoms with van der Waals surface area (Å²) in [5.41, 5.74) is 1.67. The summed E-state index contributed by atoms with van der Waals surface area (Å²) in [5, 5.41) is 2.84. The maximum Gasteiger partial charge on any atom is 0.235 e. The van der Waals surface area contributed by atoms with Gasteiger partial charge in [-0.15, -0.1) is 0 Å². The van der Waals surface area contributed by atoms with Crippen molar-refractivity contribution in [3.63, 3.8) is 0 Å². The molecule has 0 bridgehead atoms. The molecule has 0 aromatic heterocycles. The molecule has 0 radical (unpaired) electrons. The van der Waals surface area contributed by atoms with Gasteiger partial charge >= 0.3 is 0 Å². The van der Waals surface area contributed by atoms with Gasteiger partial charge in [0.1, 0.15) is 0 Å². The van der Waals surface area contributed by atoms with E-state index in [1.807, 2.05) is 24.3 Å². The minimum Gasteiger partial charge on any atom is -0.344 e. The van der Waals surface area contributed by atoms with Gasteiger partial charge in [-0.2, -0.15) is 8.42 Å². The summed E-state index contributed by atoms with van der Waals surface area (Å²) in [6.45, 7) is 0.171. The van der Waals surface area contributed by atoms with Crippen molar-refractivity contribution in [1.29, 1.82) is 0 Å². The normalized spacial score (nSPS) is 14.1. The molecule has 14 heavy (non-hydrogen) atoms. The summed E-state index contributed by atoms with van der Waals surface area (Å²) < 4.78 is 21.5. The topological polar surface area (TPSA) is 58.5 Å². The number of para-hydroxylation sites is 1. The Bertz CT molecular complexity index is 509. The molecule has 1 aromatic carbocycles. The van der Waals surface area contributed by atoms with Gasteiger partial charge in [0.25, 0.3) is 0 Å². The molecule has 0 saturated carbocycles. The van der Waals surface area contributed by atoms with Crippen LogP contribution in [0.25, 0.3) is 0 Å². The molecule has 0 fully saturated rings. The first-order chi connectivity index (χ1) is 6.77. The second-order valence-corrected chi connectivity index (χ2v) is 3.80. The van der Waals surface area contributed by atoms with E-state index in [1.54, 1.807) is 6.21 Å². The lowest BCUT2D eigenvalue weighted by atomic mass is 10.2. The lowest BCUT2D eigenvalue weighted by molar-refractivity contribution is 0.627. The Hall–Kier alpha value is -1.62. The summed E-state index contributed by atoms with van der Waals surface area (Å²) in [6, 6.07) is 7.42. The number of benzodiazepines with no additional fused rings is 1. The molecule has 0 aliphatic carbocycles. The van der Waals surface area contributed by atoms with Crippen LogP contribution < -0.4 is 5.32 Å². The van der Waals surface area contributed by atoms with Crippen LogP contribution in [0.1, 0.15) is 5.56 Å². The number of aliphatic imine (C=N–C) groups is 1. The highest BCUT2D eigenvalue weighted by Crippen LogP contribution is 2.14. The molecular formula is C9H8N2O2S. The molecule has 0 saturated heterocycles. The summed E-state index contributed by atoms with van der Waals surface area (Å²) in [5.74, 6) is 0. The lowest BCUT2D eigenvalue weighted by Gasteiger charge is -2.04. The largest absolute Gasteiger partial charge is 0.344 e. The molecule has 1 heterocycles. The van der Waals surface area contributed by atoms with Crippen molar-refractivity contribution < 1.29 is 8.42 Å². The van der Waals surface area contributed by atoms with Crippen LogP contribution in [-0.2, 0) is 10.3 Å². The van der Waals surface area contributed by atoms with E-state index in [-0.39, 0.29) is 11.5 Å². The molecule has 1 N–H and O–H groups in total. The second kappa shape index (κ2) is 3.63. The first-order valence-corrected chi connectivity index (χ1v) is 5.16. The molecule has 0 unspecified atom stereocenters. The molecule has 5 heteroatoms. The maximum atomic E-state index is 10.7. The third kappa shape index (κ3) is 1.67. The molecule has 1 aliphatic rings. The van der Waals surface area contributed by atoms with E-state index in [2.05, 4.69) is 10.3 Å². The molecule has 1 aromatic rings. The van der Waals surface area contributed by atoms with Crippen LogP contribution in [-0.4, -0.2) is 26.2 Å². The quantitative estimate of drug-likeness (QED) is 0.633. The van der Waals surface area contributed by atoms with Crippen LogP contribution in [0.2, 0.25) is 0 Å².